The second-order valence-electron chi connectivity index (χ2n) is 7.72. The van der Waals surface area contributed by atoms with Crippen molar-refractivity contribution in [3.63, 3.8) is 0 Å². The average Bonchev–Trinajstić information content (AvgIpc) is 3.43. The summed E-state index contributed by atoms with van der Waals surface area (Å²) in [5, 5.41) is 14.3. The van der Waals surface area contributed by atoms with Gasteiger partial charge in [-0.3, -0.25) is 14.5 Å². The van der Waals surface area contributed by atoms with E-state index in [-0.39, 0.29) is 35.9 Å². The topological polar surface area (TPSA) is 95.9 Å². The maximum Gasteiger partial charge on any atom is 0.341 e. The van der Waals surface area contributed by atoms with Gasteiger partial charge in [0.1, 0.15) is 15.6 Å². The van der Waals surface area contributed by atoms with Crippen molar-refractivity contribution in [3.05, 3.63) is 74.8 Å². The molecule has 7 nitrogen and oxygen atoms in total. The molecular formula is C25H18F2N2O5S3. The van der Waals surface area contributed by atoms with E-state index in [1.165, 1.54) is 47.6 Å². The Morgan fingerprint density at radius 2 is 1.92 bits per heavy atom. The molecule has 12 heteroatoms. The van der Waals surface area contributed by atoms with Crippen LogP contribution in [0.4, 0.5) is 14.5 Å². The number of amides is 2. The number of thiophene rings is 1. The lowest BCUT2D eigenvalue weighted by atomic mass is 10.1. The lowest BCUT2D eigenvalue weighted by Gasteiger charge is -2.14. The highest BCUT2D eigenvalue weighted by atomic mass is 32.2. The Balaban J connectivity index is 1.37. The summed E-state index contributed by atoms with van der Waals surface area (Å²) < 4.78 is 31.6. The summed E-state index contributed by atoms with van der Waals surface area (Å²) in [6.45, 7) is 0.0462. The van der Waals surface area contributed by atoms with Crippen molar-refractivity contribution in [3.8, 4) is 16.9 Å². The van der Waals surface area contributed by atoms with Crippen LogP contribution in [0.3, 0.4) is 0 Å². The number of carbonyl (C=O) groups excluding carboxylic acids is 3. The van der Waals surface area contributed by atoms with Crippen molar-refractivity contribution >= 4 is 69.2 Å². The molecule has 0 spiro atoms. The number of rotatable bonds is 7. The van der Waals surface area contributed by atoms with Gasteiger partial charge in [0, 0.05) is 29.6 Å². The van der Waals surface area contributed by atoms with Crippen LogP contribution in [0.1, 0.15) is 21.7 Å². The first-order chi connectivity index (χ1) is 17.7. The minimum atomic E-state index is -0.940. The molecule has 0 saturated carbocycles. The van der Waals surface area contributed by atoms with E-state index in [1.54, 1.807) is 17.5 Å². The van der Waals surface area contributed by atoms with Gasteiger partial charge in [-0.1, -0.05) is 30.0 Å². The van der Waals surface area contributed by atoms with Gasteiger partial charge in [-0.2, -0.15) is 0 Å². The number of methoxy groups -OCH3 is 1. The summed E-state index contributed by atoms with van der Waals surface area (Å²) in [4.78, 5) is 39.3. The molecule has 1 aliphatic heterocycles. The van der Waals surface area contributed by atoms with E-state index >= 15 is 0 Å². The number of anilines is 1. The first-order valence-electron chi connectivity index (χ1n) is 10.7. The zero-order valence-electron chi connectivity index (χ0n) is 19.1. The van der Waals surface area contributed by atoms with Gasteiger partial charge in [0.15, 0.2) is 11.6 Å². The zero-order chi connectivity index (χ0) is 26.7. The van der Waals surface area contributed by atoms with Crippen LogP contribution >= 0.6 is 35.3 Å². The Morgan fingerprint density at radius 3 is 2.62 bits per heavy atom. The predicted molar refractivity (Wildman–Crippen MR) is 142 cm³/mol. The van der Waals surface area contributed by atoms with Crippen LogP contribution < -0.4 is 5.32 Å². The molecule has 0 radical (unpaired) electrons. The molecule has 1 aromatic heterocycles. The Labute approximate surface area is 223 Å². The quantitative estimate of drug-likeness (QED) is 0.227. The number of aromatic hydroxyl groups is 1. The van der Waals surface area contributed by atoms with Gasteiger partial charge in [0.05, 0.1) is 12.0 Å². The van der Waals surface area contributed by atoms with Crippen molar-refractivity contribution in [2.45, 2.75) is 6.42 Å². The smallest absolute Gasteiger partial charge is 0.341 e. The standard InChI is InChI=1S/C25H18F2N2O5S3/c1-34-24(33)17-4-3-15(10-20(17)30)28-22(31)6-7-29-23(32)21(37-25(29)35)11-16-8-14(12-36-16)13-2-5-18(26)19(27)9-13/h2-5,8-12,30H,6-7H2,1H3,(H,28,31). The van der Waals surface area contributed by atoms with Gasteiger partial charge in [0.25, 0.3) is 5.91 Å². The fourth-order valence-corrected chi connectivity index (χ4v) is 5.63. The van der Waals surface area contributed by atoms with Crippen LogP contribution in [0.15, 0.2) is 52.7 Å². The molecule has 37 heavy (non-hydrogen) atoms. The first-order valence-corrected chi connectivity index (χ1v) is 12.8. The number of nitrogens with zero attached hydrogens (tertiary/aromatic N) is 1. The number of ether oxygens (including phenoxy) is 1. The highest BCUT2D eigenvalue weighted by molar-refractivity contribution is 8.26. The monoisotopic (exact) mass is 560 g/mol. The van der Waals surface area contributed by atoms with Gasteiger partial charge in [-0.05, 0) is 52.9 Å². The van der Waals surface area contributed by atoms with Crippen LogP contribution in [0, 0.1) is 11.6 Å². The number of carbonyl (C=O) groups is 3. The van der Waals surface area contributed by atoms with Gasteiger partial charge >= 0.3 is 5.97 Å². The summed E-state index contributed by atoms with van der Waals surface area (Å²) >= 11 is 7.76. The number of phenols is 1. The molecule has 1 fully saturated rings. The second kappa shape index (κ2) is 11.2. The van der Waals surface area contributed by atoms with Gasteiger partial charge in [-0.15, -0.1) is 11.3 Å². The van der Waals surface area contributed by atoms with Gasteiger partial charge in [0.2, 0.25) is 5.91 Å². The molecule has 0 unspecified atom stereocenters. The number of hydrogen-bond acceptors (Lipinski definition) is 8. The first kappa shape index (κ1) is 26.5. The van der Waals surface area contributed by atoms with Crippen molar-refractivity contribution in [2.75, 3.05) is 19.0 Å². The van der Waals surface area contributed by atoms with Crippen molar-refractivity contribution < 1.29 is 33.0 Å². The van der Waals surface area contributed by atoms with E-state index in [0.717, 1.165) is 28.8 Å². The van der Waals surface area contributed by atoms with E-state index in [2.05, 4.69) is 10.1 Å². The summed E-state index contributed by atoms with van der Waals surface area (Å²) in [7, 11) is 1.19. The number of thiocarbonyl (C=S) groups is 1. The molecule has 2 aromatic carbocycles. The molecule has 2 amide bonds. The molecule has 2 heterocycles. The van der Waals surface area contributed by atoms with E-state index in [9.17, 15) is 28.3 Å². The third kappa shape index (κ3) is 6.04. The molecule has 3 aromatic rings. The fraction of sp³-hybridized carbons (Fsp3) is 0.120. The highest BCUT2D eigenvalue weighted by Crippen LogP contribution is 2.35. The number of hydrogen-bond donors (Lipinski definition) is 2. The van der Waals surface area contributed by atoms with Crippen molar-refractivity contribution in [1.82, 2.24) is 4.90 Å². The number of esters is 1. The summed E-state index contributed by atoms with van der Waals surface area (Å²) in [6, 6.07) is 9.40. The van der Waals surface area contributed by atoms with Crippen LogP contribution in [-0.2, 0) is 14.3 Å². The molecule has 2 N–H and O–H groups in total. The largest absolute Gasteiger partial charge is 0.507 e. The molecule has 4 rings (SSSR count). The number of nitrogens with one attached hydrogen (secondary N) is 1. The van der Waals surface area contributed by atoms with Crippen LogP contribution in [-0.4, -0.2) is 45.8 Å². The Hall–Kier alpha value is -3.61. The van der Waals surface area contributed by atoms with Crippen LogP contribution in [0.25, 0.3) is 17.2 Å². The lowest BCUT2D eigenvalue weighted by molar-refractivity contribution is -0.122. The molecule has 1 saturated heterocycles. The molecular weight excluding hydrogens is 542 g/mol. The van der Waals surface area contributed by atoms with Crippen molar-refractivity contribution in [1.29, 1.82) is 0 Å². The third-order valence-corrected chi connectivity index (χ3v) is 7.53. The van der Waals surface area contributed by atoms with E-state index in [4.69, 9.17) is 12.2 Å². The van der Waals surface area contributed by atoms with Crippen LogP contribution in [0.5, 0.6) is 5.75 Å². The second-order valence-corrected chi connectivity index (χ2v) is 10.3. The molecule has 0 aliphatic carbocycles. The van der Waals surface area contributed by atoms with Crippen molar-refractivity contribution in [2.24, 2.45) is 0 Å². The third-order valence-electron chi connectivity index (χ3n) is 5.27. The lowest BCUT2D eigenvalue weighted by Crippen LogP contribution is -2.31. The summed E-state index contributed by atoms with van der Waals surface area (Å²) in [6.07, 6.45) is 1.61. The number of thioether (sulfide) groups is 1. The molecule has 1 aliphatic rings. The molecule has 0 atom stereocenters. The Morgan fingerprint density at radius 1 is 1.14 bits per heavy atom. The number of halogens is 2. The Bertz CT molecular complexity index is 1450. The molecule has 190 valence electrons. The SMILES string of the molecule is COC(=O)c1ccc(NC(=O)CCN2C(=O)C(=Cc3cc(-c4ccc(F)c(F)c4)cs3)SC2=S)cc1O. The number of phenolic OH excluding ortho intramolecular Hbond substituents is 1. The maximum atomic E-state index is 13.6. The fourth-order valence-electron chi connectivity index (χ4n) is 3.41. The highest BCUT2D eigenvalue weighted by Gasteiger charge is 2.32. The minimum Gasteiger partial charge on any atom is -0.507 e. The summed E-state index contributed by atoms with van der Waals surface area (Å²) in [5.41, 5.74) is 1.44. The van der Waals surface area contributed by atoms with E-state index < -0.39 is 23.5 Å². The van der Waals surface area contributed by atoms with Gasteiger partial charge < -0.3 is 15.2 Å². The minimum absolute atomic E-state index is 0.0347. The summed E-state index contributed by atoms with van der Waals surface area (Å²) in [5.74, 6) is -3.67. The zero-order valence-corrected chi connectivity index (χ0v) is 21.6. The normalized spacial score (nSPS) is 14.4. The average molecular weight is 561 g/mol. The Kier molecular flexibility index (Phi) is 8.00. The van der Waals surface area contributed by atoms with E-state index in [0.29, 0.717) is 20.4 Å². The van der Waals surface area contributed by atoms with E-state index in [1.807, 2.05) is 0 Å². The number of benzene rings is 2. The maximum absolute atomic E-state index is 13.6. The van der Waals surface area contributed by atoms with Gasteiger partial charge in [-0.25, -0.2) is 13.6 Å². The molecule has 0 bridgehead atoms. The van der Waals surface area contributed by atoms with Crippen LogP contribution in [0.2, 0.25) is 0 Å². The predicted octanol–water partition coefficient (Wildman–Crippen LogP) is 5.42.